The number of aryl methyl sites for hydroxylation is 2. The van der Waals surface area contributed by atoms with E-state index in [9.17, 15) is 13.2 Å². The van der Waals surface area contributed by atoms with Gasteiger partial charge < -0.3 is 5.32 Å². The number of fused-ring (bicyclic) bond motifs is 1. The Bertz CT molecular complexity index is 843. The fourth-order valence-corrected chi connectivity index (χ4v) is 3.66. The van der Waals surface area contributed by atoms with Crippen LogP contribution in [0.4, 0.5) is 11.4 Å². The molecule has 2 N–H and O–H groups in total. The summed E-state index contributed by atoms with van der Waals surface area (Å²) in [6, 6.07) is 12.0. The van der Waals surface area contributed by atoms with Crippen molar-refractivity contribution in [3.05, 3.63) is 53.6 Å². The summed E-state index contributed by atoms with van der Waals surface area (Å²) in [6.45, 7) is 1.94. The van der Waals surface area contributed by atoms with Gasteiger partial charge in [0.2, 0.25) is 5.91 Å². The van der Waals surface area contributed by atoms with Crippen LogP contribution in [0, 0.1) is 6.92 Å². The standard InChI is InChI=1S/C17H18N2O3S/c1-12-5-7-14(8-6-12)19-23(21,22)15-9-10-16-13(11-15)3-2-4-17(20)18-16/h5-11,19H,2-4H2,1H3,(H,18,20). The number of hydrogen-bond acceptors (Lipinski definition) is 3. The zero-order chi connectivity index (χ0) is 16.4. The minimum absolute atomic E-state index is 0.0304. The quantitative estimate of drug-likeness (QED) is 0.908. The summed E-state index contributed by atoms with van der Waals surface area (Å²) < 4.78 is 27.6. The average Bonchev–Trinajstić information content (AvgIpc) is 2.69. The third-order valence-electron chi connectivity index (χ3n) is 3.81. The number of anilines is 2. The molecule has 0 saturated heterocycles. The van der Waals surface area contributed by atoms with Gasteiger partial charge in [-0.3, -0.25) is 9.52 Å². The predicted molar refractivity (Wildman–Crippen MR) is 90.0 cm³/mol. The fraction of sp³-hybridized carbons (Fsp3) is 0.235. The van der Waals surface area contributed by atoms with E-state index in [1.165, 1.54) is 6.07 Å². The van der Waals surface area contributed by atoms with E-state index in [1.807, 2.05) is 19.1 Å². The maximum atomic E-state index is 12.5. The summed E-state index contributed by atoms with van der Waals surface area (Å²) in [4.78, 5) is 11.8. The van der Waals surface area contributed by atoms with Crippen LogP contribution in [0.15, 0.2) is 47.4 Å². The summed E-state index contributed by atoms with van der Waals surface area (Å²) in [5, 5.41) is 2.80. The van der Waals surface area contributed by atoms with Gasteiger partial charge in [-0.1, -0.05) is 17.7 Å². The number of nitrogens with one attached hydrogen (secondary N) is 2. The number of benzene rings is 2. The molecule has 1 heterocycles. The molecule has 0 atom stereocenters. The molecular weight excluding hydrogens is 312 g/mol. The van der Waals surface area contributed by atoms with Crippen LogP contribution < -0.4 is 10.0 Å². The molecule has 1 aliphatic rings. The average molecular weight is 330 g/mol. The van der Waals surface area contributed by atoms with Gasteiger partial charge in [0.15, 0.2) is 0 Å². The van der Waals surface area contributed by atoms with E-state index in [1.54, 1.807) is 24.3 Å². The first-order valence-corrected chi connectivity index (χ1v) is 8.95. The minimum atomic E-state index is -3.65. The molecule has 120 valence electrons. The Balaban J connectivity index is 1.89. The molecule has 0 unspecified atom stereocenters. The van der Waals surface area contributed by atoms with Gasteiger partial charge in [-0.25, -0.2) is 8.42 Å². The van der Waals surface area contributed by atoms with Gasteiger partial charge in [0.1, 0.15) is 0 Å². The largest absolute Gasteiger partial charge is 0.326 e. The lowest BCUT2D eigenvalue weighted by Gasteiger charge is -2.12. The van der Waals surface area contributed by atoms with Crippen LogP contribution in [0.1, 0.15) is 24.0 Å². The molecule has 0 bridgehead atoms. The van der Waals surface area contributed by atoms with Crippen molar-refractivity contribution in [2.24, 2.45) is 0 Å². The topological polar surface area (TPSA) is 75.3 Å². The van der Waals surface area contributed by atoms with Gasteiger partial charge in [-0.15, -0.1) is 0 Å². The molecular formula is C17H18N2O3S. The molecule has 2 aromatic rings. The minimum Gasteiger partial charge on any atom is -0.326 e. The van der Waals surface area contributed by atoms with Crippen LogP contribution in [-0.2, 0) is 21.2 Å². The Hall–Kier alpha value is -2.34. The van der Waals surface area contributed by atoms with Crippen molar-refractivity contribution in [2.75, 3.05) is 10.0 Å². The summed E-state index contributed by atoms with van der Waals surface area (Å²) in [5.41, 5.74) is 3.14. The molecule has 0 fully saturated rings. The van der Waals surface area contributed by atoms with Crippen LogP contribution in [-0.4, -0.2) is 14.3 Å². The molecule has 0 radical (unpaired) electrons. The van der Waals surface area contributed by atoms with Crippen LogP contribution in [0.3, 0.4) is 0 Å². The molecule has 1 aliphatic heterocycles. The second-order valence-electron chi connectivity index (χ2n) is 5.69. The van der Waals surface area contributed by atoms with Gasteiger partial charge in [0, 0.05) is 17.8 Å². The van der Waals surface area contributed by atoms with Gasteiger partial charge in [0.25, 0.3) is 10.0 Å². The highest BCUT2D eigenvalue weighted by molar-refractivity contribution is 7.92. The van der Waals surface area contributed by atoms with Crippen molar-refractivity contribution >= 4 is 27.3 Å². The lowest BCUT2D eigenvalue weighted by molar-refractivity contribution is -0.116. The zero-order valence-electron chi connectivity index (χ0n) is 12.8. The normalized spacial score (nSPS) is 14.6. The van der Waals surface area contributed by atoms with Crippen LogP contribution in [0.2, 0.25) is 0 Å². The molecule has 0 aliphatic carbocycles. The smallest absolute Gasteiger partial charge is 0.261 e. The third-order valence-corrected chi connectivity index (χ3v) is 5.19. The number of carbonyl (C=O) groups excluding carboxylic acids is 1. The van der Waals surface area contributed by atoms with Crippen molar-refractivity contribution in [1.82, 2.24) is 0 Å². The molecule has 6 heteroatoms. The van der Waals surface area contributed by atoms with Crippen molar-refractivity contribution in [1.29, 1.82) is 0 Å². The van der Waals surface area contributed by atoms with Crippen molar-refractivity contribution in [3.63, 3.8) is 0 Å². The summed E-state index contributed by atoms with van der Waals surface area (Å²) in [6.07, 6.45) is 1.86. The lowest BCUT2D eigenvalue weighted by Crippen LogP contribution is -2.14. The maximum absolute atomic E-state index is 12.5. The van der Waals surface area contributed by atoms with E-state index < -0.39 is 10.0 Å². The van der Waals surface area contributed by atoms with Crippen molar-refractivity contribution in [3.8, 4) is 0 Å². The third kappa shape index (κ3) is 3.53. The van der Waals surface area contributed by atoms with E-state index in [0.29, 0.717) is 30.6 Å². The number of amides is 1. The lowest BCUT2D eigenvalue weighted by atomic mass is 10.1. The first-order chi connectivity index (χ1) is 10.9. The van der Waals surface area contributed by atoms with Crippen molar-refractivity contribution in [2.45, 2.75) is 31.1 Å². The van der Waals surface area contributed by atoms with E-state index in [4.69, 9.17) is 0 Å². The van der Waals surface area contributed by atoms with Gasteiger partial charge in [-0.05, 0) is 55.7 Å². The van der Waals surface area contributed by atoms with Crippen LogP contribution in [0.5, 0.6) is 0 Å². The van der Waals surface area contributed by atoms with Gasteiger partial charge in [-0.2, -0.15) is 0 Å². The number of hydrogen-bond donors (Lipinski definition) is 2. The maximum Gasteiger partial charge on any atom is 0.261 e. The first kappa shape index (κ1) is 15.6. The molecule has 0 spiro atoms. The van der Waals surface area contributed by atoms with Crippen LogP contribution in [0.25, 0.3) is 0 Å². The highest BCUT2D eigenvalue weighted by Gasteiger charge is 2.19. The fourth-order valence-electron chi connectivity index (χ4n) is 2.55. The molecule has 0 aromatic heterocycles. The summed E-state index contributed by atoms with van der Waals surface area (Å²) >= 11 is 0. The molecule has 1 amide bonds. The number of rotatable bonds is 3. The Morgan fingerprint density at radius 1 is 1.04 bits per heavy atom. The summed E-state index contributed by atoms with van der Waals surface area (Å²) in [7, 11) is -3.65. The molecule has 0 saturated carbocycles. The van der Waals surface area contributed by atoms with E-state index in [0.717, 1.165) is 11.1 Å². The second kappa shape index (κ2) is 6.04. The number of carbonyl (C=O) groups is 1. The Morgan fingerprint density at radius 2 is 1.78 bits per heavy atom. The van der Waals surface area contributed by atoms with E-state index >= 15 is 0 Å². The predicted octanol–water partition coefficient (Wildman–Crippen LogP) is 3.07. The van der Waals surface area contributed by atoms with E-state index in [2.05, 4.69) is 10.0 Å². The highest BCUT2D eigenvalue weighted by Crippen LogP contribution is 2.26. The monoisotopic (exact) mass is 330 g/mol. The van der Waals surface area contributed by atoms with Crippen molar-refractivity contribution < 1.29 is 13.2 Å². The molecule has 23 heavy (non-hydrogen) atoms. The Morgan fingerprint density at radius 3 is 2.52 bits per heavy atom. The molecule has 3 rings (SSSR count). The second-order valence-corrected chi connectivity index (χ2v) is 7.37. The number of sulfonamides is 1. The molecule has 2 aromatic carbocycles. The highest BCUT2D eigenvalue weighted by atomic mass is 32.2. The Kier molecular flexibility index (Phi) is 4.09. The van der Waals surface area contributed by atoms with Crippen LogP contribution >= 0.6 is 0 Å². The van der Waals surface area contributed by atoms with Gasteiger partial charge >= 0.3 is 0 Å². The summed E-state index contributed by atoms with van der Waals surface area (Å²) in [5.74, 6) is -0.0304. The Labute approximate surface area is 135 Å². The molecule has 5 nitrogen and oxygen atoms in total. The van der Waals surface area contributed by atoms with Gasteiger partial charge in [0.05, 0.1) is 4.90 Å². The SMILES string of the molecule is Cc1ccc(NS(=O)(=O)c2ccc3c(c2)CCCC(=O)N3)cc1. The zero-order valence-corrected chi connectivity index (χ0v) is 13.6. The van der Waals surface area contributed by atoms with E-state index in [-0.39, 0.29) is 10.8 Å². The first-order valence-electron chi connectivity index (χ1n) is 7.46.